The van der Waals surface area contributed by atoms with Crippen LogP contribution in [0, 0.1) is 0 Å². The Bertz CT molecular complexity index is 535. The largest absolute Gasteiger partial charge is 0.480 e. The van der Waals surface area contributed by atoms with Gasteiger partial charge in [0.05, 0.1) is 6.20 Å². The lowest BCUT2D eigenvalue weighted by atomic mass is 10.3. The first kappa shape index (κ1) is 10.4. The third kappa shape index (κ3) is 1.81. The van der Waals surface area contributed by atoms with Crippen LogP contribution in [-0.2, 0) is 11.8 Å². The number of carboxylic acid groups (broad SMARTS) is 1. The summed E-state index contributed by atoms with van der Waals surface area (Å²) in [5.41, 5.74) is 0.745. The van der Waals surface area contributed by atoms with Gasteiger partial charge in [-0.05, 0) is 12.1 Å². The summed E-state index contributed by atoms with van der Waals surface area (Å²) in [6.07, 6.45) is 1.73. The molecule has 1 N–H and O–H groups in total. The van der Waals surface area contributed by atoms with Crippen LogP contribution in [0.15, 0.2) is 18.3 Å². The lowest BCUT2D eigenvalue weighted by Gasteiger charge is -2.15. The highest BCUT2D eigenvalue weighted by Gasteiger charge is 2.09. The summed E-state index contributed by atoms with van der Waals surface area (Å²) >= 11 is 0. The molecule has 0 bridgehead atoms. The van der Waals surface area contributed by atoms with E-state index in [2.05, 4.69) is 10.1 Å². The van der Waals surface area contributed by atoms with E-state index in [9.17, 15) is 4.79 Å². The highest BCUT2D eigenvalue weighted by Crippen LogP contribution is 2.15. The molecular formula is C10H12N4O2. The van der Waals surface area contributed by atoms with Gasteiger partial charge in [0.1, 0.15) is 12.4 Å². The van der Waals surface area contributed by atoms with E-state index < -0.39 is 5.97 Å². The van der Waals surface area contributed by atoms with Crippen LogP contribution in [0.25, 0.3) is 11.0 Å². The Kier molecular flexibility index (Phi) is 2.47. The van der Waals surface area contributed by atoms with Gasteiger partial charge in [0.25, 0.3) is 0 Å². The normalized spacial score (nSPS) is 10.6. The van der Waals surface area contributed by atoms with E-state index in [0.717, 1.165) is 11.0 Å². The fourth-order valence-corrected chi connectivity index (χ4v) is 1.51. The van der Waals surface area contributed by atoms with Crippen molar-refractivity contribution in [3.63, 3.8) is 0 Å². The minimum atomic E-state index is -0.880. The van der Waals surface area contributed by atoms with E-state index in [1.54, 1.807) is 35.9 Å². The van der Waals surface area contributed by atoms with Crippen LogP contribution in [0.2, 0.25) is 0 Å². The van der Waals surface area contributed by atoms with E-state index in [4.69, 9.17) is 5.11 Å². The summed E-state index contributed by atoms with van der Waals surface area (Å²) in [5.74, 6) is -0.257. The molecule has 16 heavy (non-hydrogen) atoms. The Morgan fingerprint density at radius 2 is 2.31 bits per heavy atom. The second kappa shape index (κ2) is 3.80. The molecule has 2 aromatic heterocycles. The first-order valence-corrected chi connectivity index (χ1v) is 4.79. The fraction of sp³-hybridized carbons (Fsp3) is 0.300. The number of carboxylic acids is 1. The van der Waals surface area contributed by atoms with Gasteiger partial charge in [-0.25, -0.2) is 4.98 Å². The molecule has 0 fully saturated rings. The van der Waals surface area contributed by atoms with Gasteiger partial charge in [-0.2, -0.15) is 5.10 Å². The van der Waals surface area contributed by atoms with E-state index >= 15 is 0 Å². The molecule has 0 aliphatic heterocycles. The molecule has 2 aromatic rings. The molecule has 2 heterocycles. The highest BCUT2D eigenvalue weighted by atomic mass is 16.4. The first-order chi connectivity index (χ1) is 7.58. The molecule has 0 amide bonds. The number of aliphatic carboxylic acids is 1. The van der Waals surface area contributed by atoms with Gasteiger partial charge in [-0.3, -0.25) is 9.48 Å². The average Bonchev–Trinajstić information content (AvgIpc) is 2.59. The number of fused-ring (bicyclic) bond motifs is 1. The average molecular weight is 220 g/mol. The number of aromatic nitrogens is 3. The predicted octanol–water partition coefficient (Wildman–Crippen LogP) is 0.489. The maximum absolute atomic E-state index is 10.6. The maximum Gasteiger partial charge on any atom is 0.323 e. The molecule has 0 aromatic carbocycles. The lowest BCUT2D eigenvalue weighted by Crippen LogP contribution is -2.25. The molecule has 0 aliphatic rings. The van der Waals surface area contributed by atoms with E-state index in [-0.39, 0.29) is 6.54 Å². The van der Waals surface area contributed by atoms with Crippen LogP contribution >= 0.6 is 0 Å². The van der Waals surface area contributed by atoms with Gasteiger partial charge < -0.3 is 10.0 Å². The zero-order chi connectivity index (χ0) is 11.7. The monoisotopic (exact) mass is 220 g/mol. The maximum atomic E-state index is 10.6. The molecule has 6 nitrogen and oxygen atoms in total. The van der Waals surface area contributed by atoms with Crippen molar-refractivity contribution < 1.29 is 9.90 Å². The van der Waals surface area contributed by atoms with Gasteiger partial charge in [0.15, 0.2) is 5.65 Å². The van der Waals surface area contributed by atoms with Gasteiger partial charge in [-0.15, -0.1) is 0 Å². The summed E-state index contributed by atoms with van der Waals surface area (Å²) in [4.78, 5) is 16.5. The molecule has 0 aliphatic carbocycles. The van der Waals surface area contributed by atoms with Crippen molar-refractivity contribution in [1.82, 2.24) is 14.8 Å². The number of hydrogen-bond acceptors (Lipinski definition) is 4. The molecule has 0 radical (unpaired) electrons. The Morgan fingerprint density at radius 1 is 1.56 bits per heavy atom. The summed E-state index contributed by atoms with van der Waals surface area (Å²) < 4.78 is 1.66. The minimum absolute atomic E-state index is 0.0731. The van der Waals surface area contributed by atoms with Crippen LogP contribution in [-0.4, -0.2) is 39.4 Å². The van der Waals surface area contributed by atoms with Gasteiger partial charge >= 0.3 is 5.97 Å². The van der Waals surface area contributed by atoms with Gasteiger partial charge in [-0.1, -0.05) is 0 Å². The predicted molar refractivity (Wildman–Crippen MR) is 59.4 cm³/mol. The van der Waals surface area contributed by atoms with Crippen LogP contribution in [0.5, 0.6) is 0 Å². The number of carbonyl (C=O) groups is 1. The zero-order valence-electron chi connectivity index (χ0n) is 9.08. The van der Waals surface area contributed by atoms with E-state index in [1.807, 2.05) is 6.07 Å². The van der Waals surface area contributed by atoms with Gasteiger partial charge in [0.2, 0.25) is 0 Å². The lowest BCUT2D eigenvalue weighted by molar-refractivity contribution is -0.135. The van der Waals surface area contributed by atoms with Crippen molar-refractivity contribution in [2.75, 3.05) is 18.5 Å². The SMILES string of the molecule is CN(CC(=O)O)c1ccc2cnn(C)c2n1. The number of nitrogens with zero attached hydrogens (tertiary/aromatic N) is 4. The molecule has 0 unspecified atom stereocenters. The third-order valence-corrected chi connectivity index (χ3v) is 2.33. The Balaban J connectivity index is 2.38. The Morgan fingerprint density at radius 3 is 3.00 bits per heavy atom. The second-order valence-electron chi connectivity index (χ2n) is 3.60. The molecule has 0 spiro atoms. The van der Waals surface area contributed by atoms with E-state index in [0.29, 0.717) is 5.82 Å². The summed E-state index contributed by atoms with van der Waals surface area (Å²) in [7, 11) is 3.50. The van der Waals surface area contributed by atoms with Crippen molar-refractivity contribution in [3.05, 3.63) is 18.3 Å². The van der Waals surface area contributed by atoms with Crippen molar-refractivity contribution in [3.8, 4) is 0 Å². The van der Waals surface area contributed by atoms with Crippen LogP contribution in [0.3, 0.4) is 0 Å². The molecule has 0 saturated heterocycles. The first-order valence-electron chi connectivity index (χ1n) is 4.79. The van der Waals surface area contributed by atoms with Crippen molar-refractivity contribution >= 4 is 22.8 Å². The van der Waals surface area contributed by atoms with Crippen LogP contribution in [0.1, 0.15) is 0 Å². The quantitative estimate of drug-likeness (QED) is 0.815. The number of likely N-dealkylation sites (N-methyl/N-ethyl adjacent to an activating group) is 1. The number of hydrogen-bond donors (Lipinski definition) is 1. The minimum Gasteiger partial charge on any atom is -0.480 e. The highest BCUT2D eigenvalue weighted by molar-refractivity contribution is 5.78. The number of anilines is 1. The number of pyridine rings is 1. The molecular weight excluding hydrogens is 208 g/mol. The smallest absolute Gasteiger partial charge is 0.323 e. The molecule has 0 atom stereocenters. The molecule has 0 saturated carbocycles. The van der Waals surface area contributed by atoms with Crippen molar-refractivity contribution in [1.29, 1.82) is 0 Å². The Hall–Kier alpha value is -2.11. The fourth-order valence-electron chi connectivity index (χ4n) is 1.51. The van der Waals surface area contributed by atoms with Gasteiger partial charge in [0, 0.05) is 19.5 Å². The van der Waals surface area contributed by atoms with Crippen molar-refractivity contribution in [2.45, 2.75) is 0 Å². The van der Waals surface area contributed by atoms with Crippen LogP contribution < -0.4 is 4.90 Å². The standard InChI is InChI=1S/C10H12N4O2/c1-13(6-9(15)16)8-4-3-7-5-11-14(2)10(7)12-8/h3-5H,6H2,1-2H3,(H,15,16). The summed E-state index contributed by atoms with van der Waals surface area (Å²) in [6, 6.07) is 3.66. The molecule has 6 heteroatoms. The third-order valence-electron chi connectivity index (χ3n) is 2.33. The Labute approximate surface area is 92.1 Å². The summed E-state index contributed by atoms with van der Waals surface area (Å²) in [5, 5.41) is 13.7. The zero-order valence-corrected chi connectivity index (χ0v) is 9.08. The molecule has 2 rings (SSSR count). The second-order valence-corrected chi connectivity index (χ2v) is 3.60. The van der Waals surface area contributed by atoms with Crippen LogP contribution in [0.4, 0.5) is 5.82 Å². The topological polar surface area (TPSA) is 71.2 Å². The molecule has 84 valence electrons. The van der Waals surface area contributed by atoms with Crippen molar-refractivity contribution in [2.24, 2.45) is 7.05 Å². The number of rotatable bonds is 3. The van der Waals surface area contributed by atoms with E-state index in [1.165, 1.54) is 0 Å². The number of aryl methyl sites for hydroxylation is 1. The summed E-state index contributed by atoms with van der Waals surface area (Å²) in [6.45, 7) is -0.0731.